The van der Waals surface area contributed by atoms with Crippen molar-refractivity contribution in [1.82, 2.24) is 14.5 Å². The largest absolute Gasteiger partial charge is 0.342 e. The van der Waals surface area contributed by atoms with E-state index >= 15 is 0 Å². The summed E-state index contributed by atoms with van der Waals surface area (Å²) in [5.41, 5.74) is 2.02. The number of halogens is 1. The summed E-state index contributed by atoms with van der Waals surface area (Å²) in [6, 6.07) is 7.55. The number of benzene rings is 1. The second-order valence-corrected chi connectivity index (χ2v) is 9.89. The van der Waals surface area contributed by atoms with Gasteiger partial charge in [-0.15, -0.1) is 11.3 Å². The van der Waals surface area contributed by atoms with Gasteiger partial charge in [-0.05, 0) is 56.0 Å². The van der Waals surface area contributed by atoms with Crippen molar-refractivity contribution in [3.63, 3.8) is 0 Å². The molecule has 0 amide bonds. The lowest BCUT2D eigenvalue weighted by molar-refractivity contribution is 0.318. The third-order valence-corrected chi connectivity index (χ3v) is 7.53. The zero-order chi connectivity index (χ0) is 20.1. The van der Waals surface area contributed by atoms with Gasteiger partial charge < -0.3 is 9.80 Å². The summed E-state index contributed by atoms with van der Waals surface area (Å²) < 4.78 is 1.79. The highest BCUT2D eigenvalue weighted by Gasteiger charge is 2.27. The molecule has 5 rings (SSSR count). The van der Waals surface area contributed by atoms with Crippen molar-refractivity contribution >= 4 is 39.1 Å². The van der Waals surface area contributed by atoms with E-state index in [1.54, 1.807) is 15.9 Å². The first kappa shape index (κ1) is 19.1. The zero-order valence-electron chi connectivity index (χ0n) is 16.8. The van der Waals surface area contributed by atoms with E-state index in [1.807, 2.05) is 24.3 Å². The van der Waals surface area contributed by atoms with Crippen molar-refractivity contribution in [2.45, 2.75) is 32.7 Å². The molecule has 1 aromatic carbocycles. The number of piperidine rings is 1. The molecule has 29 heavy (non-hydrogen) atoms. The second kappa shape index (κ2) is 7.42. The third kappa shape index (κ3) is 3.37. The summed E-state index contributed by atoms with van der Waals surface area (Å²) in [4.78, 5) is 25.6. The Bertz CT molecular complexity index is 1130. The fourth-order valence-corrected chi connectivity index (χ4v) is 5.90. The van der Waals surface area contributed by atoms with Gasteiger partial charge in [0.2, 0.25) is 5.95 Å². The van der Waals surface area contributed by atoms with Gasteiger partial charge in [-0.25, -0.2) is 9.55 Å². The molecule has 5 nitrogen and oxygen atoms in total. The van der Waals surface area contributed by atoms with Crippen LogP contribution in [0.5, 0.6) is 0 Å². The normalized spacial score (nSPS) is 18.4. The van der Waals surface area contributed by atoms with E-state index in [0.717, 1.165) is 67.3 Å². The molecule has 1 fully saturated rings. The smallest absolute Gasteiger partial charge is 0.268 e. The van der Waals surface area contributed by atoms with Crippen LogP contribution in [0.25, 0.3) is 15.9 Å². The maximum atomic E-state index is 13.8. The van der Waals surface area contributed by atoms with Crippen LogP contribution in [0, 0.1) is 5.92 Å². The van der Waals surface area contributed by atoms with Crippen LogP contribution in [-0.4, -0.2) is 41.1 Å². The highest BCUT2D eigenvalue weighted by molar-refractivity contribution is 7.18. The molecule has 7 heteroatoms. The van der Waals surface area contributed by atoms with E-state index in [4.69, 9.17) is 16.6 Å². The molecule has 0 saturated carbocycles. The molecule has 0 bridgehead atoms. The predicted molar refractivity (Wildman–Crippen MR) is 121 cm³/mol. The van der Waals surface area contributed by atoms with E-state index in [9.17, 15) is 4.79 Å². The van der Waals surface area contributed by atoms with E-state index in [2.05, 4.69) is 23.8 Å². The van der Waals surface area contributed by atoms with Crippen molar-refractivity contribution in [3.05, 3.63) is 50.1 Å². The Hall–Kier alpha value is -1.89. The summed E-state index contributed by atoms with van der Waals surface area (Å²) in [6.07, 6.45) is 3.14. The highest BCUT2D eigenvalue weighted by atomic mass is 35.5. The van der Waals surface area contributed by atoms with Crippen LogP contribution in [0.2, 0.25) is 5.02 Å². The van der Waals surface area contributed by atoms with Crippen molar-refractivity contribution in [2.75, 3.05) is 31.6 Å². The molecule has 0 aliphatic carbocycles. The van der Waals surface area contributed by atoms with Crippen molar-refractivity contribution in [1.29, 1.82) is 0 Å². The molecule has 4 heterocycles. The van der Waals surface area contributed by atoms with E-state index < -0.39 is 0 Å². The molecular weight excluding hydrogens is 404 g/mol. The van der Waals surface area contributed by atoms with Crippen LogP contribution in [0.4, 0.5) is 5.95 Å². The van der Waals surface area contributed by atoms with Gasteiger partial charge in [0.1, 0.15) is 4.83 Å². The van der Waals surface area contributed by atoms with Gasteiger partial charge in [-0.3, -0.25) is 4.79 Å². The van der Waals surface area contributed by atoms with Gasteiger partial charge >= 0.3 is 0 Å². The van der Waals surface area contributed by atoms with Gasteiger partial charge in [-0.1, -0.05) is 24.6 Å². The van der Waals surface area contributed by atoms with Crippen LogP contribution >= 0.6 is 22.9 Å². The van der Waals surface area contributed by atoms with Crippen LogP contribution in [0.1, 0.15) is 30.2 Å². The van der Waals surface area contributed by atoms with Crippen LogP contribution in [0.15, 0.2) is 29.1 Å². The number of aromatic nitrogens is 2. The molecular formula is C22H25ClN4OS. The predicted octanol–water partition coefficient (Wildman–Crippen LogP) is 4.32. The first-order valence-corrected chi connectivity index (χ1v) is 11.5. The van der Waals surface area contributed by atoms with Gasteiger partial charge in [0, 0.05) is 36.1 Å². The first-order chi connectivity index (χ1) is 14.0. The van der Waals surface area contributed by atoms with Crippen LogP contribution in [-0.2, 0) is 13.0 Å². The first-order valence-electron chi connectivity index (χ1n) is 10.3. The van der Waals surface area contributed by atoms with Crippen molar-refractivity contribution < 1.29 is 0 Å². The Morgan fingerprint density at radius 3 is 2.76 bits per heavy atom. The summed E-state index contributed by atoms with van der Waals surface area (Å²) in [5.74, 6) is 1.47. The average molecular weight is 429 g/mol. The highest BCUT2D eigenvalue weighted by Crippen LogP contribution is 2.34. The van der Waals surface area contributed by atoms with Crippen LogP contribution < -0.4 is 10.5 Å². The number of hydrogen-bond acceptors (Lipinski definition) is 5. The van der Waals surface area contributed by atoms with Gasteiger partial charge in [-0.2, -0.15) is 0 Å². The number of thiophene rings is 1. The topological polar surface area (TPSA) is 41.4 Å². The summed E-state index contributed by atoms with van der Waals surface area (Å²) in [6.45, 7) is 6.01. The van der Waals surface area contributed by atoms with Crippen molar-refractivity contribution in [3.8, 4) is 5.69 Å². The SMILES string of the molecule is CC1CCN(c2nc3sc4c(c3c(=O)n2-c2cccc(Cl)c2)CCN(C)C4)CC1. The maximum Gasteiger partial charge on any atom is 0.268 e. The lowest BCUT2D eigenvalue weighted by Gasteiger charge is -2.32. The van der Waals surface area contributed by atoms with Gasteiger partial charge in [0.15, 0.2) is 0 Å². The Morgan fingerprint density at radius 2 is 2.00 bits per heavy atom. The molecule has 152 valence electrons. The standard InChI is InChI=1S/C22H25ClN4OS/c1-14-6-10-26(11-7-14)22-24-20-19(17-8-9-25(2)13-18(17)29-20)21(28)27(22)16-5-3-4-15(23)12-16/h3-5,12,14H,6-11,13H2,1-2H3. The Kier molecular flexibility index (Phi) is 4.88. The Balaban J connectivity index is 1.75. The fraction of sp³-hybridized carbons (Fsp3) is 0.455. The molecule has 0 N–H and O–H groups in total. The monoisotopic (exact) mass is 428 g/mol. The van der Waals surface area contributed by atoms with Crippen LogP contribution in [0.3, 0.4) is 0 Å². The number of hydrogen-bond donors (Lipinski definition) is 0. The maximum absolute atomic E-state index is 13.8. The van der Waals surface area contributed by atoms with E-state index in [0.29, 0.717) is 10.9 Å². The molecule has 2 aliphatic heterocycles. The summed E-state index contributed by atoms with van der Waals surface area (Å²) >= 11 is 7.96. The molecule has 0 unspecified atom stereocenters. The number of fused-ring (bicyclic) bond motifs is 3. The van der Waals surface area contributed by atoms with Crippen molar-refractivity contribution in [2.24, 2.45) is 5.92 Å². The Morgan fingerprint density at radius 1 is 1.21 bits per heavy atom. The number of likely N-dealkylation sites (N-methyl/N-ethyl adjacent to an activating group) is 1. The average Bonchev–Trinajstić information content (AvgIpc) is 3.06. The lowest BCUT2D eigenvalue weighted by atomic mass is 9.99. The zero-order valence-corrected chi connectivity index (χ0v) is 18.4. The van der Waals surface area contributed by atoms with Gasteiger partial charge in [0.05, 0.1) is 11.1 Å². The molecule has 0 radical (unpaired) electrons. The number of rotatable bonds is 2. The van der Waals surface area contributed by atoms with Gasteiger partial charge in [0.25, 0.3) is 5.56 Å². The number of nitrogens with zero attached hydrogens (tertiary/aromatic N) is 4. The lowest BCUT2D eigenvalue weighted by Crippen LogP contribution is -2.38. The quantitative estimate of drug-likeness (QED) is 0.609. The molecule has 2 aromatic heterocycles. The number of anilines is 1. The van der Waals surface area contributed by atoms with E-state index in [1.165, 1.54) is 10.4 Å². The minimum Gasteiger partial charge on any atom is -0.342 e. The fourth-order valence-electron chi connectivity index (χ4n) is 4.43. The molecule has 0 atom stereocenters. The minimum absolute atomic E-state index is 0.0351. The molecule has 3 aromatic rings. The molecule has 0 spiro atoms. The summed E-state index contributed by atoms with van der Waals surface area (Å²) in [5, 5.41) is 1.42. The van der Waals surface area contributed by atoms with E-state index in [-0.39, 0.29) is 5.56 Å². The minimum atomic E-state index is 0.0351. The molecule has 1 saturated heterocycles. The molecule has 2 aliphatic rings. The Labute approximate surface area is 179 Å². The second-order valence-electron chi connectivity index (χ2n) is 8.37. The third-order valence-electron chi connectivity index (χ3n) is 6.18. The summed E-state index contributed by atoms with van der Waals surface area (Å²) in [7, 11) is 2.13.